The summed E-state index contributed by atoms with van der Waals surface area (Å²) in [6.45, 7) is 6.17. The standard InChI is InChI=1S/C24H26O7/c1-14(25)24(4,12-15-9-10-16-7-5-6-8-17(16)11-15)22(27)28-13-18-19-20(21(26)29-18)31-23(2,3)30-19/h5-11,18-20H,12-13H2,1-4H3/t18-,19-,20-,24-/m1/s1. The fourth-order valence-corrected chi connectivity index (χ4v) is 4.07. The Hall–Kier alpha value is -2.77. The Kier molecular flexibility index (Phi) is 5.35. The molecule has 7 heteroatoms. The lowest BCUT2D eigenvalue weighted by molar-refractivity contribution is -0.192. The number of ether oxygens (including phenoxy) is 4. The van der Waals surface area contributed by atoms with Crippen LogP contribution in [-0.4, -0.2) is 48.4 Å². The van der Waals surface area contributed by atoms with E-state index in [2.05, 4.69) is 0 Å². The van der Waals surface area contributed by atoms with E-state index >= 15 is 0 Å². The van der Waals surface area contributed by atoms with Gasteiger partial charge in [-0.2, -0.15) is 0 Å². The van der Waals surface area contributed by atoms with Gasteiger partial charge in [-0.05, 0) is 50.5 Å². The van der Waals surface area contributed by atoms with Crippen molar-refractivity contribution in [2.45, 2.75) is 58.2 Å². The van der Waals surface area contributed by atoms with E-state index in [9.17, 15) is 14.4 Å². The molecule has 0 saturated carbocycles. The minimum atomic E-state index is -1.36. The average Bonchev–Trinajstić information content (AvgIpc) is 3.19. The summed E-state index contributed by atoms with van der Waals surface area (Å²) >= 11 is 0. The van der Waals surface area contributed by atoms with Gasteiger partial charge in [-0.25, -0.2) is 4.79 Å². The van der Waals surface area contributed by atoms with Gasteiger partial charge in [0.05, 0.1) is 0 Å². The molecule has 4 atom stereocenters. The van der Waals surface area contributed by atoms with E-state index < -0.39 is 41.5 Å². The second-order valence-electron chi connectivity index (χ2n) is 8.84. The van der Waals surface area contributed by atoms with E-state index in [-0.39, 0.29) is 18.8 Å². The Balaban J connectivity index is 1.46. The third kappa shape index (κ3) is 4.07. The van der Waals surface area contributed by atoms with Crippen LogP contribution < -0.4 is 0 Å². The van der Waals surface area contributed by atoms with Gasteiger partial charge in [-0.15, -0.1) is 0 Å². The number of cyclic esters (lactones) is 1. The maximum absolute atomic E-state index is 13.0. The highest BCUT2D eigenvalue weighted by atomic mass is 16.8. The highest BCUT2D eigenvalue weighted by Crippen LogP contribution is 2.36. The number of benzene rings is 2. The molecule has 0 radical (unpaired) electrons. The highest BCUT2D eigenvalue weighted by Gasteiger charge is 2.56. The molecule has 0 N–H and O–H groups in total. The van der Waals surface area contributed by atoms with Crippen molar-refractivity contribution in [1.82, 2.24) is 0 Å². The molecule has 0 aliphatic carbocycles. The number of carbonyl (C=O) groups is 3. The molecule has 4 rings (SSSR count). The van der Waals surface area contributed by atoms with Gasteiger partial charge >= 0.3 is 11.9 Å². The van der Waals surface area contributed by atoms with Gasteiger partial charge < -0.3 is 18.9 Å². The molecule has 7 nitrogen and oxygen atoms in total. The van der Waals surface area contributed by atoms with Crippen LogP contribution in [0.4, 0.5) is 0 Å². The van der Waals surface area contributed by atoms with Crippen LogP contribution in [0.3, 0.4) is 0 Å². The zero-order valence-corrected chi connectivity index (χ0v) is 18.0. The van der Waals surface area contributed by atoms with Crippen molar-refractivity contribution in [2.75, 3.05) is 6.61 Å². The maximum atomic E-state index is 13.0. The summed E-state index contributed by atoms with van der Waals surface area (Å²) in [4.78, 5) is 37.5. The van der Waals surface area contributed by atoms with Crippen molar-refractivity contribution in [2.24, 2.45) is 5.41 Å². The Morgan fingerprint density at radius 3 is 2.52 bits per heavy atom. The minimum absolute atomic E-state index is 0.203. The number of carbonyl (C=O) groups excluding carboxylic acids is 3. The summed E-state index contributed by atoms with van der Waals surface area (Å²) in [5.41, 5.74) is -0.508. The molecule has 0 bridgehead atoms. The van der Waals surface area contributed by atoms with Crippen LogP contribution in [0, 0.1) is 5.41 Å². The zero-order chi connectivity index (χ0) is 22.4. The summed E-state index contributed by atoms with van der Waals surface area (Å²) in [5, 5.41) is 2.11. The van der Waals surface area contributed by atoms with Crippen LogP contribution in [0.2, 0.25) is 0 Å². The van der Waals surface area contributed by atoms with Gasteiger partial charge in [0.15, 0.2) is 18.0 Å². The van der Waals surface area contributed by atoms with E-state index in [0.29, 0.717) is 0 Å². The fourth-order valence-electron chi connectivity index (χ4n) is 4.07. The van der Waals surface area contributed by atoms with E-state index in [1.165, 1.54) is 6.92 Å². The molecule has 0 spiro atoms. The Morgan fingerprint density at radius 1 is 1.10 bits per heavy atom. The molecule has 2 aliphatic rings. The average molecular weight is 426 g/mol. The van der Waals surface area contributed by atoms with Crippen LogP contribution in [0.5, 0.6) is 0 Å². The lowest BCUT2D eigenvalue weighted by atomic mass is 9.80. The highest BCUT2D eigenvalue weighted by molar-refractivity contribution is 6.02. The molecule has 0 aromatic heterocycles. The van der Waals surface area contributed by atoms with Gasteiger partial charge in [0.1, 0.15) is 23.9 Å². The lowest BCUT2D eigenvalue weighted by Crippen LogP contribution is -2.41. The van der Waals surface area contributed by atoms with Crippen molar-refractivity contribution in [3.8, 4) is 0 Å². The molecular formula is C24H26O7. The normalized spacial score (nSPS) is 26.2. The fraction of sp³-hybridized carbons (Fsp3) is 0.458. The summed E-state index contributed by atoms with van der Waals surface area (Å²) in [5.74, 6) is -2.41. The van der Waals surface area contributed by atoms with E-state index in [0.717, 1.165) is 16.3 Å². The van der Waals surface area contributed by atoms with Gasteiger partial charge in [0.2, 0.25) is 0 Å². The number of ketones is 1. The first-order valence-electron chi connectivity index (χ1n) is 10.3. The Bertz CT molecular complexity index is 1040. The van der Waals surface area contributed by atoms with Crippen LogP contribution in [0.1, 0.15) is 33.3 Å². The number of Topliss-reactive ketones (excluding diaryl/α,β-unsaturated/α-hetero) is 1. The third-order valence-electron chi connectivity index (χ3n) is 5.97. The van der Waals surface area contributed by atoms with Crippen molar-refractivity contribution in [3.05, 3.63) is 48.0 Å². The van der Waals surface area contributed by atoms with Crippen LogP contribution in [0.25, 0.3) is 10.8 Å². The predicted octanol–water partition coefficient (Wildman–Crippen LogP) is 2.97. The number of hydrogen-bond donors (Lipinski definition) is 0. The molecule has 2 aliphatic heterocycles. The number of rotatable bonds is 6. The van der Waals surface area contributed by atoms with Gasteiger partial charge in [-0.3, -0.25) is 9.59 Å². The largest absolute Gasteiger partial charge is 0.461 e. The van der Waals surface area contributed by atoms with Crippen molar-refractivity contribution >= 4 is 28.5 Å². The molecule has 2 saturated heterocycles. The first kappa shape index (κ1) is 21.5. The molecule has 0 unspecified atom stereocenters. The quantitative estimate of drug-likeness (QED) is 0.518. The maximum Gasteiger partial charge on any atom is 0.338 e. The van der Waals surface area contributed by atoms with Gasteiger partial charge in [-0.1, -0.05) is 42.5 Å². The SMILES string of the molecule is CC(=O)[C@@](C)(Cc1ccc2ccccc2c1)C(=O)OC[C@H]1OC(=O)[C@@H]2OC(C)(C)O[C@H]12. The van der Waals surface area contributed by atoms with Crippen molar-refractivity contribution in [1.29, 1.82) is 0 Å². The lowest BCUT2D eigenvalue weighted by Gasteiger charge is -2.26. The van der Waals surface area contributed by atoms with E-state index in [4.69, 9.17) is 18.9 Å². The first-order chi connectivity index (χ1) is 14.6. The molecule has 2 aromatic rings. The molecular weight excluding hydrogens is 400 g/mol. The van der Waals surface area contributed by atoms with Crippen molar-refractivity contribution in [3.63, 3.8) is 0 Å². The number of hydrogen-bond acceptors (Lipinski definition) is 7. The summed E-state index contributed by atoms with van der Waals surface area (Å²) in [6.07, 6.45) is -2.07. The molecule has 2 fully saturated rings. The van der Waals surface area contributed by atoms with Gasteiger partial charge in [0, 0.05) is 0 Å². The monoisotopic (exact) mass is 426 g/mol. The number of esters is 2. The number of fused-ring (bicyclic) bond motifs is 2. The third-order valence-corrected chi connectivity index (χ3v) is 5.97. The van der Waals surface area contributed by atoms with Gasteiger partial charge in [0.25, 0.3) is 0 Å². The van der Waals surface area contributed by atoms with Crippen LogP contribution in [0.15, 0.2) is 42.5 Å². The molecule has 2 aromatic carbocycles. The summed E-state index contributed by atoms with van der Waals surface area (Å²) in [7, 11) is 0. The second kappa shape index (κ2) is 7.73. The predicted molar refractivity (Wildman–Crippen MR) is 111 cm³/mol. The van der Waals surface area contributed by atoms with E-state index in [1.54, 1.807) is 20.8 Å². The Labute approximate surface area is 180 Å². The van der Waals surface area contributed by atoms with E-state index in [1.807, 2.05) is 42.5 Å². The van der Waals surface area contributed by atoms with Crippen LogP contribution in [-0.2, 0) is 39.8 Å². The molecule has 2 heterocycles. The topological polar surface area (TPSA) is 88.1 Å². The molecule has 31 heavy (non-hydrogen) atoms. The zero-order valence-electron chi connectivity index (χ0n) is 18.0. The Morgan fingerprint density at radius 2 is 1.81 bits per heavy atom. The smallest absolute Gasteiger partial charge is 0.338 e. The first-order valence-corrected chi connectivity index (χ1v) is 10.3. The molecule has 0 amide bonds. The second-order valence-corrected chi connectivity index (χ2v) is 8.84. The summed E-state index contributed by atoms with van der Waals surface area (Å²) in [6, 6.07) is 13.7. The minimum Gasteiger partial charge on any atom is -0.461 e. The summed E-state index contributed by atoms with van der Waals surface area (Å²) < 4.78 is 22.0. The van der Waals surface area contributed by atoms with Crippen LogP contribution >= 0.6 is 0 Å². The van der Waals surface area contributed by atoms with Crippen molar-refractivity contribution < 1.29 is 33.3 Å². The molecule has 164 valence electrons.